The van der Waals surface area contributed by atoms with Gasteiger partial charge in [-0.05, 0) is 61.5 Å². The first-order valence-corrected chi connectivity index (χ1v) is 10.7. The number of thiocarbonyl (C=S) groups is 1. The molecule has 1 heterocycles. The Balaban J connectivity index is 1.84. The Morgan fingerprint density at radius 3 is 2.57 bits per heavy atom. The summed E-state index contributed by atoms with van der Waals surface area (Å²) in [7, 11) is 0. The molecule has 7 heteroatoms. The number of halogens is 1. The molecule has 0 spiro atoms. The lowest BCUT2D eigenvalue weighted by Crippen LogP contribution is -2.20. The number of anilines is 2. The minimum absolute atomic E-state index is 0.315. The average Bonchev–Trinajstić information content (AvgIpc) is 3.09. The summed E-state index contributed by atoms with van der Waals surface area (Å²) < 4.78 is 6.24. The van der Waals surface area contributed by atoms with Gasteiger partial charge in [-0.15, -0.1) is 11.3 Å². The third-order valence-electron chi connectivity index (χ3n) is 3.93. The maximum Gasteiger partial charge on any atom is 0.341 e. The summed E-state index contributed by atoms with van der Waals surface area (Å²) in [5, 5.41) is 7.38. The third kappa shape index (κ3) is 4.98. The zero-order valence-electron chi connectivity index (χ0n) is 15.4. The molecule has 3 rings (SSSR count). The van der Waals surface area contributed by atoms with Crippen LogP contribution in [-0.2, 0) is 4.74 Å². The van der Waals surface area contributed by atoms with E-state index in [0.717, 1.165) is 26.2 Å². The second kappa shape index (κ2) is 9.32. The minimum Gasteiger partial charge on any atom is -0.462 e. The molecule has 3 aromatic rings. The van der Waals surface area contributed by atoms with Crippen molar-refractivity contribution in [2.75, 3.05) is 17.2 Å². The summed E-state index contributed by atoms with van der Waals surface area (Å²) in [6.45, 7) is 4.11. The van der Waals surface area contributed by atoms with Gasteiger partial charge in [0.25, 0.3) is 0 Å². The average molecular weight is 475 g/mol. The number of ether oxygens (including phenoxy) is 1. The summed E-state index contributed by atoms with van der Waals surface area (Å²) in [6.07, 6.45) is 0. The van der Waals surface area contributed by atoms with Crippen LogP contribution in [-0.4, -0.2) is 17.7 Å². The van der Waals surface area contributed by atoms with Crippen molar-refractivity contribution in [3.05, 3.63) is 70.2 Å². The van der Waals surface area contributed by atoms with Crippen molar-refractivity contribution in [3.63, 3.8) is 0 Å². The summed E-state index contributed by atoms with van der Waals surface area (Å²) in [4.78, 5) is 13.4. The predicted octanol–water partition coefficient (Wildman–Crippen LogP) is 6.47. The van der Waals surface area contributed by atoms with Crippen LogP contribution in [0.1, 0.15) is 22.8 Å². The Morgan fingerprint density at radius 1 is 1.14 bits per heavy atom. The molecule has 1 aromatic heterocycles. The molecule has 28 heavy (non-hydrogen) atoms. The van der Waals surface area contributed by atoms with Gasteiger partial charge in [-0.3, -0.25) is 0 Å². The highest BCUT2D eigenvalue weighted by Crippen LogP contribution is 2.36. The van der Waals surface area contributed by atoms with Gasteiger partial charge in [0, 0.05) is 15.0 Å². The largest absolute Gasteiger partial charge is 0.462 e. The van der Waals surface area contributed by atoms with Gasteiger partial charge in [-0.1, -0.05) is 46.3 Å². The highest BCUT2D eigenvalue weighted by Gasteiger charge is 2.19. The second-order valence-corrected chi connectivity index (χ2v) is 8.30. The molecule has 144 valence electrons. The van der Waals surface area contributed by atoms with E-state index in [1.165, 1.54) is 11.3 Å². The van der Waals surface area contributed by atoms with Gasteiger partial charge in [-0.2, -0.15) is 0 Å². The first kappa shape index (κ1) is 20.5. The van der Waals surface area contributed by atoms with Gasteiger partial charge in [0.15, 0.2) is 5.11 Å². The van der Waals surface area contributed by atoms with Crippen LogP contribution in [0.2, 0.25) is 0 Å². The van der Waals surface area contributed by atoms with Crippen molar-refractivity contribution in [3.8, 4) is 10.4 Å². The summed E-state index contributed by atoms with van der Waals surface area (Å²) in [5.74, 6) is -0.370. The smallest absolute Gasteiger partial charge is 0.341 e. The SMILES string of the molecule is CCOC(=O)c1cc(-c2ccccc2)sc1NC(=S)Nc1ccc(Br)c(C)c1. The Morgan fingerprint density at radius 2 is 1.89 bits per heavy atom. The number of thiophene rings is 1. The number of benzene rings is 2. The monoisotopic (exact) mass is 474 g/mol. The molecule has 0 amide bonds. The predicted molar refractivity (Wildman–Crippen MR) is 124 cm³/mol. The third-order valence-corrected chi connectivity index (χ3v) is 6.12. The minimum atomic E-state index is -0.370. The number of nitrogens with one attached hydrogen (secondary N) is 2. The van der Waals surface area contributed by atoms with E-state index in [1.54, 1.807) is 6.92 Å². The molecule has 0 bridgehead atoms. The van der Waals surface area contributed by atoms with Crippen LogP contribution in [0.5, 0.6) is 0 Å². The van der Waals surface area contributed by atoms with Gasteiger partial charge in [0.05, 0.1) is 12.2 Å². The fourth-order valence-corrected chi connectivity index (χ4v) is 4.16. The number of esters is 1. The molecule has 0 aliphatic carbocycles. The molecule has 0 atom stereocenters. The Hall–Kier alpha value is -2.22. The van der Waals surface area contributed by atoms with Crippen molar-refractivity contribution in [1.29, 1.82) is 0 Å². The van der Waals surface area contributed by atoms with E-state index in [2.05, 4.69) is 26.6 Å². The number of hydrogen-bond donors (Lipinski definition) is 2. The maximum absolute atomic E-state index is 12.4. The first-order chi connectivity index (χ1) is 13.5. The van der Waals surface area contributed by atoms with Crippen LogP contribution >= 0.6 is 39.5 Å². The van der Waals surface area contributed by atoms with Crippen LogP contribution in [0.3, 0.4) is 0 Å². The first-order valence-electron chi connectivity index (χ1n) is 8.68. The molecule has 4 nitrogen and oxygen atoms in total. The fourth-order valence-electron chi connectivity index (χ4n) is 2.58. The Labute approximate surface area is 182 Å². The number of hydrogen-bond acceptors (Lipinski definition) is 4. The van der Waals surface area contributed by atoms with E-state index in [1.807, 2.05) is 61.5 Å². The molecule has 0 radical (unpaired) electrons. The van der Waals surface area contributed by atoms with Crippen LogP contribution in [0.4, 0.5) is 10.7 Å². The molecular weight excluding hydrogens is 456 g/mol. The molecular formula is C21H19BrN2O2S2. The fraction of sp³-hybridized carbons (Fsp3) is 0.143. The zero-order chi connectivity index (χ0) is 20.1. The lowest BCUT2D eigenvalue weighted by Gasteiger charge is -2.11. The number of carbonyl (C=O) groups excluding carboxylic acids is 1. The van der Waals surface area contributed by atoms with Crippen molar-refractivity contribution >= 4 is 61.3 Å². The van der Waals surface area contributed by atoms with E-state index in [9.17, 15) is 4.79 Å². The Bertz CT molecular complexity index is 1000. The number of carbonyl (C=O) groups is 1. The van der Waals surface area contributed by atoms with E-state index in [-0.39, 0.29) is 5.97 Å². The van der Waals surface area contributed by atoms with E-state index < -0.39 is 0 Å². The molecule has 2 aromatic carbocycles. The van der Waals surface area contributed by atoms with Crippen molar-refractivity contribution in [2.24, 2.45) is 0 Å². The molecule has 0 saturated heterocycles. The summed E-state index contributed by atoms with van der Waals surface area (Å²) in [6, 6.07) is 17.6. The maximum atomic E-state index is 12.4. The quantitative estimate of drug-likeness (QED) is 0.327. The van der Waals surface area contributed by atoms with Crippen molar-refractivity contribution < 1.29 is 9.53 Å². The zero-order valence-corrected chi connectivity index (χ0v) is 18.6. The lowest BCUT2D eigenvalue weighted by atomic mass is 10.1. The van der Waals surface area contributed by atoms with Gasteiger partial charge in [0.1, 0.15) is 5.00 Å². The van der Waals surface area contributed by atoms with Gasteiger partial charge in [0.2, 0.25) is 0 Å². The molecule has 2 N–H and O–H groups in total. The van der Waals surface area contributed by atoms with Crippen molar-refractivity contribution in [1.82, 2.24) is 0 Å². The highest BCUT2D eigenvalue weighted by molar-refractivity contribution is 9.10. The van der Waals surface area contributed by atoms with Crippen LogP contribution < -0.4 is 10.6 Å². The molecule has 0 fully saturated rings. The molecule has 0 aliphatic rings. The van der Waals surface area contributed by atoms with Crippen molar-refractivity contribution in [2.45, 2.75) is 13.8 Å². The van der Waals surface area contributed by atoms with Crippen LogP contribution in [0, 0.1) is 6.92 Å². The molecule has 0 aliphatic heterocycles. The normalized spacial score (nSPS) is 10.4. The lowest BCUT2D eigenvalue weighted by molar-refractivity contribution is 0.0528. The second-order valence-electron chi connectivity index (χ2n) is 5.98. The van der Waals surface area contributed by atoms with Gasteiger partial charge < -0.3 is 15.4 Å². The van der Waals surface area contributed by atoms with Crippen LogP contribution in [0.15, 0.2) is 59.1 Å². The topological polar surface area (TPSA) is 50.4 Å². The highest BCUT2D eigenvalue weighted by atomic mass is 79.9. The van der Waals surface area contributed by atoms with E-state index in [4.69, 9.17) is 17.0 Å². The van der Waals surface area contributed by atoms with Crippen LogP contribution in [0.25, 0.3) is 10.4 Å². The summed E-state index contributed by atoms with van der Waals surface area (Å²) in [5.41, 5.74) is 3.48. The number of aryl methyl sites for hydroxylation is 1. The van der Waals surface area contributed by atoms with Gasteiger partial charge in [-0.25, -0.2) is 4.79 Å². The van der Waals surface area contributed by atoms with E-state index in [0.29, 0.717) is 22.3 Å². The molecule has 0 saturated carbocycles. The Kier molecular flexibility index (Phi) is 6.83. The van der Waals surface area contributed by atoms with E-state index >= 15 is 0 Å². The van der Waals surface area contributed by atoms with Gasteiger partial charge >= 0.3 is 5.97 Å². The standard InChI is InChI=1S/C21H19BrN2O2S2/c1-3-26-20(25)16-12-18(14-7-5-4-6-8-14)28-19(16)24-21(27)23-15-9-10-17(22)13(2)11-15/h4-12H,3H2,1-2H3,(H2,23,24,27). The summed E-state index contributed by atoms with van der Waals surface area (Å²) >= 11 is 10.4. The number of rotatable bonds is 5. The molecule has 0 unspecified atom stereocenters.